The van der Waals surface area contributed by atoms with E-state index in [2.05, 4.69) is 15.3 Å². The molecule has 6 nitrogen and oxygen atoms in total. The van der Waals surface area contributed by atoms with E-state index >= 15 is 0 Å². The fourth-order valence-corrected chi connectivity index (χ4v) is 6.72. The number of carbonyl (C=O) groups is 1. The molecule has 190 valence electrons. The monoisotopic (exact) mass is 508 g/mol. The number of hydrogen-bond donors (Lipinski definition) is 2. The number of amides is 1. The quantitative estimate of drug-likeness (QED) is 0.643. The fraction of sp³-hybridized carbons (Fsp3) is 0.640. The molecule has 1 amide bonds. The molecular weight excluding hydrogens is 477 g/mol. The van der Waals surface area contributed by atoms with Crippen LogP contribution in [0, 0.1) is 12.8 Å². The van der Waals surface area contributed by atoms with Gasteiger partial charge in [-0.3, -0.25) is 9.78 Å². The van der Waals surface area contributed by atoms with Gasteiger partial charge in [-0.05, 0) is 63.5 Å². The highest BCUT2D eigenvalue weighted by atomic mass is 32.1. The molecule has 0 aromatic carbocycles. The van der Waals surface area contributed by atoms with Gasteiger partial charge in [0, 0.05) is 60.5 Å². The van der Waals surface area contributed by atoms with Crippen LogP contribution in [-0.2, 0) is 29.5 Å². The van der Waals surface area contributed by atoms with E-state index in [1.807, 2.05) is 12.3 Å². The van der Waals surface area contributed by atoms with Crippen molar-refractivity contribution in [3.63, 3.8) is 0 Å². The number of fused-ring (bicyclic) bond motifs is 1. The summed E-state index contributed by atoms with van der Waals surface area (Å²) in [6, 6.07) is 1.69. The molecule has 1 aliphatic heterocycles. The van der Waals surface area contributed by atoms with E-state index in [-0.39, 0.29) is 24.4 Å². The highest BCUT2D eigenvalue weighted by Crippen LogP contribution is 2.39. The van der Waals surface area contributed by atoms with E-state index in [0.29, 0.717) is 43.1 Å². The van der Waals surface area contributed by atoms with Crippen LogP contribution in [0.1, 0.15) is 72.5 Å². The van der Waals surface area contributed by atoms with Crippen molar-refractivity contribution in [2.75, 3.05) is 6.54 Å². The van der Waals surface area contributed by atoms with Crippen LogP contribution >= 0.6 is 11.3 Å². The van der Waals surface area contributed by atoms with Crippen LogP contribution in [0.15, 0.2) is 17.6 Å². The predicted molar refractivity (Wildman–Crippen MR) is 126 cm³/mol. The van der Waals surface area contributed by atoms with Crippen LogP contribution in [0.3, 0.4) is 0 Å². The van der Waals surface area contributed by atoms with Crippen molar-refractivity contribution in [3.05, 3.63) is 45.2 Å². The lowest BCUT2D eigenvalue weighted by Crippen LogP contribution is -2.44. The third-order valence-electron chi connectivity index (χ3n) is 7.76. The van der Waals surface area contributed by atoms with E-state index < -0.39 is 17.3 Å². The molecule has 10 heteroatoms. The van der Waals surface area contributed by atoms with Crippen molar-refractivity contribution in [3.8, 4) is 0 Å². The highest BCUT2D eigenvalue weighted by Gasteiger charge is 2.40. The largest absolute Gasteiger partial charge is 0.417 e. The number of alkyl halides is 3. The molecular formula is C25H31F3N4O2S. The number of carbonyl (C=O) groups excluding carboxylic acids is 1. The third-order valence-corrected chi connectivity index (χ3v) is 8.92. The topological polar surface area (TPSA) is 78.4 Å². The van der Waals surface area contributed by atoms with E-state index in [1.165, 1.54) is 11.3 Å². The molecule has 0 bridgehead atoms. The van der Waals surface area contributed by atoms with Crippen LogP contribution in [0.4, 0.5) is 13.2 Å². The van der Waals surface area contributed by atoms with Gasteiger partial charge in [0.15, 0.2) is 0 Å². The Kier molecular flexibility index (Phi) is 6.65. The summed E-state index contributed by atoms with van der Waals surface area (Å²) in [6.45, 7) is 2.63. The first kappa shape index (κ1) is 24.6. The van der Waals surface area contributed by atoms with Crippen LogP contribution in [0.2, 0.25) is 0 Å². The SMILES string of the molecule is Cc1csc(C2(O)CCC(NC3CCC(C(=O)N4CCc5ncc(C(F)(F)F)cc5C4)C3)CC2)n1. The van der Waals surface area contributed by atoms with Gasteiger partial charge in [0.2, 0.25) is 5.91 Å². The molecule has 2 fully saturated rings. The first-order valence-electron chi connectivity index (χ1n) is 12.4. The van der Waals surface area contributed by atoms with E-state index in [4.69, 9.17) is 0 Å². The lowest BCUT2D eigenvalue weighted by atomic mass is 9.82. The van der Waals surface area contributed by atoms with Gasteiger partial charge in [0.05, 0.1) is 5.56 Å². The Morgan fingerprint density at radius 3 is 2.69 bits per heavy atom. The summed E-state index contributed by atoms with van der Waals surface area (Å²) >= 11 is 1.52. The number of aromatic nitrogens is 2. The molecule has 5 rings (SSSR count). The zero-order valence-electron chi connectivity index (χ0n) is 19.8. The maximum absolute atomic E-state index is 13.2. The zero-order chi connectivity index (χ0) is 24.8. The molecule has 2 aromatic rings. The molecule has 2 atom stereocenters. The maximum Gasteiger partial charge on any atom is 0.417 e. The normalized spacial score (nSPS) is 29.3. The summed E-state index contributed by atoms with van der Waals surface area (Å²) in [6.07, 6.45) is 2.45. The summed E-state index contributed by atoms with van der Waals surface area (Å²) in [5.74, 6) is -0.0684. The maximum atomic E-state index is 13.2. The molecule has 2 N–H and O–H groups in total. The van der Waals surface area contributed by atoms with Crippen molar-refractivity contribution in [1.29, 1.82) is 0 Å². The Morgan fingerprint density at radius 1 is 1.23 bits per heavy atom. The van der Waals surface area contributed by atoms with Gasteiger partial charge in [-0.1, -0.05) is 0 Å². The number of halogens is 3. The van der Waals surface area contributed by atoms with E-state index in [0.717, 1.165) is 55.1 Å². The standard InChI is InChI=1S/C25H31F3N4O2S/c1-15-14-35-23(30-15)24(34)7-4-19(5-8-24)31-20-3-2-16(11-20)22(33)32-9-6-21-17(13-32)10-18(12-29-21)25(26,27)28/h10,12,14,16,19-20,31,34H,2-9,11,13H2,1H3. The van der Waals surface area contributed by atoms with Gasteiger partial charge in [-0.25, -0.2) is 4.98 Å². The van der Waals surface area contributed by atoms with Crippen molar-refractivity contribution in [2.45, 2.75) is 88.7 Å². The van der Waals surface area contributed by atoms with Crippen molar-refractivity contribution < 1.29 is 23.1 Å². The number of aryl methyl sites for hydroxylation is 1. The molecule has 3 aliphatic rings. The number of rotatable bonds is 4. The molecule has 35 heavy (non-hydrogen) atoms. The number of hydrogen-bond acceptors (Lipinski definition) is 6. The number of pyridine rings is 1. The number of nitrogens with zero attached hydrogens (tertiary/aromatic N) is 3. The minimum atomic E-state index is -4.44. The van der Waals surface area contributed by atoms with Crippen LogP contribution in [-0.4, -0.2) is 44.5 Å². The minimum absolute atomic E-state index is 0.0366. The third kappa shape index (κ3) is 5.24. The van der Waals surface area contributed by atoms with Gasteiger partial charge < -0.3 is 15.3 Å². The molecule has 0 saturated heterocycles. The lowest BCUT2D eigenvalue weighted by molar-refractivity contribution is -0.137. The Balaban J connectivity index is 1.13. The lowest BCUT2D eigenvalue weighted by Gasteiger charge is -2.36. The average Bonchev–Trinajstić information content (AvgIpc) is 3.48. The Bertz CT molecular complexity index is 1080. The van der Waals surface area contributed by atoms with Crippen LogP contribution in [0.25, 0.3) is 0 Å². The van der Waals surface area contributed by atoms with Gasteiger partial charge in [0.25, 0.3) is 0 Å². The van der Waals surface area contributed by atoms with Gasteiger partial charge in [-0.15, -0.1) is 11.3 Å². The highest BCUT2D eigenvalue weighted by molar-refractivity contribution is 7.09. The van der Waals surface area contributed by atoms with Gasteiger partial charge in [0.1, 0.15) is 10.6 Å². The second-order valence-electron chi connectivity index (χ2n) is 10.3. The second-order valence-corrected chi connectivity index (χ2v) is 11.2. The summed E-state index contributed by atoms with van der Waals surface area (Å²) in [7, 11) is 0. The smallest absolute Gasteiger partial charge is 0.383 e. The summed E-state index contributed by atoms with van der Waals surface area (Å²) < 4.78 is 39.2. The van der Waals surface area contributed by atoms with Crippen LogP contribution < -0.4 is 5.32 Å². The molecule has 2 aliphatic carbocycles. The second kappa shape index (κ2) is 9.44. The zero-order valence-corrected chi connectivity index (χ0v) is 20.6. The average molecular weight is 509 g/mol. The summed E-state index contributed by atoms with van der Waals surface area (Å²) in [5.41, 5.74) is 0.487. The molecule has 2 saturated carbocycles. The van der Waals surface area contributed by atoms with Crippen molar-refractivity contribution in [1.82, 2.24) is 20.2 Å². The number of thiazole rings is 1. The number of nitrogens with one attached hydrogen (secondary N) is 1. The fourth-order valence-electron chi connectivity index (χ4n) is 5.76. The number of aliphatic hydroxyl groups is 1. The van der Waals surface area contributed by atoms with Crippen molar-refractivity contribution >= 4 is 17.2 Å². The minimum Gasteiger partial charge on any atom is -0.383 e. The first-order valence-corrected chi connectivity index (χ1v) is 13.2. The molecule has 0 radical (unpaired) electrons. The van der Waals surface area contributed by atoms with Gasteiger partial charge in [-0.2, -0.15) is 13.2 Å². The van der Waals surface area contributed by atoms with Gasteiger partial charge >= 0.3 is 6.18 Å². The molecule has 2 unspecified atom stereocenters. The van der Waals surface area contributed by atoms with Crippen LogP contribution in [0.5, 0.6) is 0 Å². The predicted octanol–water partition coefficient (Wildman–Crippen LogP) is 4.34. The van der Waals surface area contributed by atoms with E-state index in [1.54, 1.807) is 4.90 Å². The van der Waals surface area contributed by atoms with Crippen molar-refractivity contribution in [2.24, 2.45) is 5.92 Å². The summed E-state index contributed by atoms with van der Waals surface area (Å²) in [4.78, 5) is 23.4. The van der Waals surface area contributed by atoms with E-state index in [9.17, 15) is 23.1 Å². The molecule has 2 aromatic heterocycles. The molecule has 0 spiro atoms. The summed E-state index contributed by atoms with van der Waals surface area (Å²) in [5, 5.41) is 17.5. The Morgan fingerprint density at radius 2 is 2.00 bits per heavy atom. The Labute approximate surface area is 207 Å². The first-order chi connectivity index (χ1) is 16.6. The Hall–Kier alpha value is -2.04. The molecule has 3 heterocycles.